The molecular weight excluding hydrogens is 281 g/mol. The van der Waals surface area contributed by atoms with Gasteiger partial charge in [-0.25, -0.2) is 0 Å². The maximum atomic E-state index is 12.8. The van der Waals surface area contributed by atoms with E-state index in [0.29, 0.717) is 18.8 Å². The molecular formula is C15H17F3N2O. The van der Waals surface area contributed by atoms with Crippen LogP contribution < -0.4 is 4.90 Å². The lowest BCUT2D eigenvalue weighted by Crippen LogP contribution is -2.52. The molecule has 0 aromatic heterocycles. The zero-order valence-corrected chi connectivity index (χ0v) is 12.2. The van der Waals surface area contributed by atoms with E-state index in [-0.39, 0.29) is 17.3 Å². The van der Waals surface area contributed by atoms with Crippen molar-refractivity contribution in [1.29, 1.82) is 5.26 Å². The van der Waals surface area contributed by atoms with E-state index in [1.54, 1.807) is 6.07 Å². The van der Waals surface area contributed by atoms with E-state index in [1.807, 2.05) is 25.7 Å². The Morgan fingerprint density at radius 2 is 2.05 bits per heavy atom. The van der Waals surface area contributed by atoms with Gasteiger partial charge in [0.15, 0.2) is 0 Å². The summed E-state index contributed by atoms with van der Waals surface area (Å²) in [4.78, 5) is 1.95. The number of rotatable bonds is 1. The van der Waals surface area contributed by atoms with Crippen LogP contribution in [0.25, 0.3) is 0 Å². The van der Waals surface area contributed by atoms with E-state index in [1.165, 1.54) is 12.1 Å². The first kappa shape index (κ1) is 15.6. The van der Waals surface area contributed by atoms with Crippen molar-refractivity contribution in [2.24, 2.45) is 0 Å². The van der Waals surface area contributed by atoms with Crippen molar-refractivity contribution in [2.45, 2.75) is 38.7 Å². The molecule has 0 bridgehead atoms. The lowest BCUT2D eigenvalue weighted by atomic mass is 10.0. The highest BCUT2D eigenvalue weighted by molar-refractivity contribution is 5.56. The molecule has 0 saturated carbocycles. The third kappa shape index (κ3) is 3.48. The molecule has 1 saturated heterocycles. The normalized spacial score (nSPS) is 22.0. The van der Waals surface area contributed by atoms with Crippen molar-refractivity contribution in [1.82, 2.24) is 0 Å². The van der Waals surface area contributed by atoms with Crippen molar-refractivity contribution in [3.05, 3.63) is 29.3 Å². The number of alkyl halides is 3. The van der Waals surface area contributed by atoms with Crippen molar-refractivity contribution >= 4 is 5.69 Å². The Bertz CT molecular complexity index is 575. The number of ether oxygens (including phenoxy) is 1. The molecule has 1 unspecified atom stereocenters. The van der Waals surface area contributed by atoms with Crippen LogP contribution in [0.1, 0.15) is 31.9 Å². The fourth-order valence-electron chi connectivity index (χ4n) is 2.72. The summed E-state index contributed by atoms with van der Waals surface area (Å²) < 4.78 is 44.2. The summed E-state index contributed by atoms with van der Waals surface area (Å²) in [6, 6.07) is 5.33. The number of morpholine rings is 1. The van der Waals surface area contributed by atoms with Crippen molar-refractivity contribution in [2.75, 3.05) is 18.0 Å². The SMILES string of the molecule is CC1CN(c2ccc(C(F)(F)F)c(C#N)c2)CC(C)(C)O1. The average Bonchev–Trinajstić information content (AvgIpc) is 2.34. The van der Waals surface area contributed by atoms with Gasteiger partial charge in [0.25, 0.3) is 0 Å². The summed E-state index contributed by atoms with van der Waals surface area (Å²) in [7, 11) is 0. The van der Waals surface area contributed by atoms with E-state index >= 15 is 0 Å². The Balaban J connectivity index is 2.36. The monoisotopic (exact) mass is 298 g/mol. The zero-order chi connectivity index (χ0) is 15.8. The Labute approximate surface area is 121 Å². The minimum absolute atomic E-state index is 0.0263. The third-order valence-electron chi connectivity index (χ3n) is 3.36. The summed E-state index contributed by atoms with van der Waals surface area (Å²) >= 11 is 0. The van der Waals surface area contributed by atoms with Crippen LogP contribution in [0.4, 0.5) is 18.9 Å². The Hall–Kier alpha value is -1.74. The molecule has 0 spiro atoms. The molecule has 0 N–H and O–H groups in total. The number of nitrogens with zero attached hydrogens (tertiary/aromatic N) is 2. The minimum atomic E-state index is -4.51. The molecule has 114 valence electrons. The van der Waals surface area contributed by atoms with Crippen LogP contribution in [0.15, 0.2) is 18.2 Å². The lowest BCUT2D eigenvalue weighted by Gasteiger charge is -2.43. The number of halogens is 3. The number of hydrogen-bond acceptors (Lipinski definition) is 3. The Morgan fingerprint density at radius 3 is 2.57 bits per heavy atom. The molecule has 0 radical (unpaired) electrons. The largest absolute Gasteiger partial charge is 0.417 e. The van der Waals surface area contributed by atoms with Crippen LogP contribution in [0.3, 0.4) is 0 Å². The van der Waals surface area contributed by atoms with Gasteiger partial charge in [0, 0.05) is 18.8 Å². The number of anilines is 1. The van der Waals surface area contributed by atoms with Gasteiger partial charge >= 0.3 is 6.18 Å². The summed E-state index contributed by atoms with van der Waals surface area (Å²) in [6.07, 6.45) is -4.54. The molecule has 1 aliphatic rings. The maximum absolute atomic E-state index is 12.8. The van der Waals surface area contributed by atoms with Crippen molar-refractivity contribution < 1.29 is 17.9 Å². The fourth-order valence-corrected chi connectivity index (χ4v) is 2.72. The summed E-state index contributed by atoms with van der Waals surface area (Å²) in [6.45, 7) is 6.94. The second-order valence-corrected chi connectivity index (χ2v) is 5.91. The molecule has 1 atom stereocenters. The maximum Gasteiger partial charge on any atom is 0.417 e. The molecule has 1 aliphatic heterocycles. The van der Waals surface area contributed by atoms with Gasteiger partial charge in [0.05, 0.1) is 28.9 Å². The highest BCUT2D eigenvalue weighted by atomic mass is 19.4. The molecule has 0 amide bonds. The molecule has 1 heterocycles. The molecule has 1 fully saturated rings. The highest BCUT2D eigenvalue weighted by Gasteiger charge is 2.35. The molecule has 21 heavy (non-hydrogen) atoms. The number of hydrogen-bond donors (Lipinski definition) is 0. The van der Waals surface area contributed by atoms with Crippen molar-refractivity contribution in [3.63, 3.8) is 0 Å². The van der Waals surface area contributed by atoms with Gasteiger partial charge in [0.1, 0.15) is 0 Å². The number of benzene rings is 1. The predicted molar refractivity (Wildman–Crippen MR) is 73.0 cm³/mol. The first-order chi connectivity index (χ1) is 9.62. The van der Waals surface area contributed by atoms with Gasteiger partial charge in [-0.2, -0.15) is 18.4 Å². The Morgan fingerprint density at radius 1 is 1.38 bits per heavy atom. The van der Waals surface area contributed by atoms with Crippen LogP contribution >= 0.6 is 0 Å². The fraction of sp³-hybridized carbons (Fsp3) is 0.533. The van der Waals surface area contributed by atoms with E-state index < -0.39 is 11.7 Å². The minimum Gasteiger partial charge on any atom is -0.369 e. The van der Waals surface area contributed by atoms with Crippen LogP contribution in [-0.4, -0.2) is 24.8 Å². The van der Waals surface area contributed by atoms with Gasteiger partial charge < -0.3 is 9.64 Å². The van der Waals surface area contributed by atoms with Gasteiger partial charge in [-0.15, -0.1) is 0 Å². The van der Waals surface area contributed by atoms with E-state index in [0.717, 1.165) is 6.07 Å². The van der Waals surface area contributed by atoms with Crippen LogP contribution in [0, 0.1) is 11.3 Å². The molecule has 1 aromatic rings. The summed E-state index contributed by atoms with van der Waals surface area (Å²) in [5.41, 5.74) is -1.01. The smallest absolute Gasteiger partial charge is 0.369 e. The standard InChI is InChI=1S/C15H17F3N2O/c1-10-8-20(9-14(2,3)21-10)12-4-5-13(15(16,17)18)11(6-12)7-19/h4-6,10H,8-9H2,1-3H3. The molecule has 6 heteroatoms. The molecule has 0 aliphatic carbocycles. The van der Waals surface area contributed by atoms with Crippen molar-refractivity contribution in [3.8, 4) is 6.07 Å². The van der Waals surface area contributed by atoms with E-state index in [9.17, 15) is 13.2 Å². The third-order valence-corrected chi connectivity index (χ3v) is 3.36. The van der Waals surface area contributed by atoms with Gasteiger partial charge in [-0.05, 0) is 39.0 Å². The van der Waals surface area contributed by atoms with Gasteiger partial charge in [0.2, 0.25) is 0 Å². The van der Waals surface area contributed by atoms with E-state index in [2.05, 4.69) is 0 Å². The quantitative estimate of drug-likeness (QED) is 0.795. The highest BCUT2D eigenvalue weighted by Crippen LogP contribution is 2.34. The van der Waals surface area contributed by atoms with E-state index in [4.69, 9.17) is 10.00 Å². The topological polar surface area (TPSA) is 36.3 Å². The second kappa shape index (κ2) is 5.23. The van der Waals surface area contributed by atoms with Gasteiger partial charge in [-0.3, -0.25) is 0 Å². The first-order valence-electron chi connectivity index (χ1n) is 6.66. The predicted octanol–water partition coefficient (Wildman–Crippen LogP) is 3.58. The van der Waals surface area contributed by atoms with Gasteiger partial charge in [-0.1, -0.05) is 0 Å². The second-order valence-electron chi connectivity index (χ2n) is 5.91. The summed E-state index contributed by atoms with van der Waals surface area (Å²) in [5.74, 6) is 0. The van der Waals surface area contributed by atoms with Crippen LogP contribution in [-0.2, 0) is 10.9 Å². The van der Waals surface area contributed by atoms with Crippen LogP contribution in [0.5, 0.6) is 0 Å². The lowest BCUT2D eigenvalue weighted by molar-refractivity contribution is -0.137. The molecule has 3 nitrogen and oxygen atoms in total. The molecule has 2 rings (SSSR count). The summed E-state index contributed by atoms with van der Waals surface area (Å²) in [5, 5.41) is 8.97. The molecule has 1 aromatic carbocycles. The average molecular weight is 298 g/mol. The number of nitriles is 1. The first-order valence-corrected chi connectivity index (χ1v) is 6.66. The zero-order valence-electron chi connectivity index (χ0n) is 12.2. The van der Waals surface area contributed by atoms with Crippen LogP contribution in [0.2, 0.25) is 0 Å². The Kier molecular flexibility index (Phi) is 3.89.